The summed E-state index contributed by atoms with van der Waals surface area (Å²) in [4.78, 5) is 6.89. The molecule has 0 unspecified atom stereocenters. The molecule has 0 bridgehead atoms. The third kappa shape index (κ3) is 8.56. The Hall–Kier alpha value is -0.0400. The molecular formula is C17H37IN4. The van der Waals surface area contributed by atoms with E-state index in [1.165, 1.54) is 32.1 Å². The molecule has 0 amide bonds. The molecule has 5 heteroatoms. The highest BCUT2D eigenvalue weighted by atomic mass is 127. The number of aliphatic imine (C=N–C) groups is 1. The van der Waals surface area contributed by atoms with Gasteiger partial charge in [0.05, 0.1) is 0 Å². The fourth-order valence-electron chi connectivity index (χ4n) is 3.22. The van der Waals surface area contributed by atoms with Gasteiger partial charge in [0, 0.05) is 38.3 Å². The third-order valence-electron chi connectivity index (χ3n) is 4.38. The number of hydrogen-bond acceptors (Lipinski definition) is 2. The molecular weight excluding hydrogens is 387 g/mol. The summed E-state index contributed by atoms with van der Waals surface area (Å²) in [6.45, 7) is 11.2. The molecule has 0 aromatic heterocycles. The van der Waals surface area contributed by atoms with Crippen molar-refractivity contribution < 1.29 is 0 Å². The van der Waals surface area contributed by atoms with E-state index in [9.17, 15) is 0 Å². The van der Waals surface area contributed by atoms with Crippen LogP contribution in [0.5, 0.6) is 0 Å². The molecule has 1 fully saturated rings. The lowest BCUT2D eigenvalue weighted by Gasteiger charge is -2.30. The van der Waals surface area contributed by atoms with Crippen LogP contribution in [0.2, 0.25) is 0 Å². The number of rotatable bonds is 7. The van der Waals surface area contributed by atoms with Crippen molar-refractivity contribution in [1.82, 2.24) is 15.5 Å². The van der Waals surface area contributed by atoms with Gasteiger partial charge >= 0.3 is 0 Å². The minimum atomic E-state index is 0. The lowest BCUT2D eigenvalue weighted by atomic mass is 9.96. The van der Waals surface area contributed by atoms with Crippen molar-refractivity contribution in [3.05, 3.63) is 0 Å². The van der Waals surface area contributed by atoms with Crippen molar-refractivity contribution in [3.63, 3.8) is 0 Å². The van der Waals surface area contributed by atoms with Gasteiger partial charge in [0.1, 0.15) is 0 Å². The van der Waals surface area contributed by atoms with Gasteiger partial charge in [-0.25, -0.2) is 0 Å². The standard InChI is InChI=1S/C17H36N4.HI/c1-14(2)21(15(3)4)13-9-12-19-17(18-5)20-16-10-7-6-8-11-16;/h14-16H,6-13H2,1-5H3,(H2,18,19,20);1H. The molecule has 0 aliphatic heterocycles. The summed E-state index contributed by atoms with van der Waals surface area (Å²) in [6.07, 6.45) is 7.83. The van der Waals surface area contributed by atoms with Gasteiger partial charge in [-0.2, -0.15) is 0 Å². The van der Waals surface area contributed by atoms with E-state index < -0.39 is 0 Å². The van der Waals surface area contributed by atoms with Crippen molar-refractivity contribution in [2.24, 2.45) is 4.99 Å². The number of nitrogens with zero attached hydrogens (tertiary/aromatic N) is 2. The van der Waals surface area contributed by atoms with Crippen LogP contribution in [0.25, 0.3) is 0 Å². The zero-order chi connectivity index (χ0) is 15.7. The van der Waals surface area contributed by atoms with Gasteiger partial charge in [-0.05, 0) is 47.0 Å². The van der Waals surface area contributed by atoms with Crippen LogP contribution in [0.15, 0.2) is 4.99 Å². The molecule has 0 saturated heterocycles. The first-order chi connectivity index (χ1) is 10.0. The topological polar surface area (TPSA) is 39.7 Å². The molecule has 0 aromatic rings. The minimum absolute atomic E-state index is 0. The van der Waals surface area contributed by atoms with Crippen LogP contribution < -0.4 is 10.6 Å². The molecule has 1 aliphatic rings. The highest BCUT2D eigenvalue weighted by Crippen LogP contribution is 2.17. The Balaban J connectivity index is 0.00000441. The smallest absolute Gasteiger partial charge is 0.191 e. The average molecular weight is 424 g/mol. The molecule has 0 atom stereocenters. The monoisotopic (exact) mass is 424 g/mol. The lowest BCUT2D eigenvalue weighted by molar-refractivity contribution is 0.173. The van der Waals surface area contributed by atoms with Gasteiger partial charge < -0.3 is 10.6 Å². The van der Waals surface area contributed by atoms with E-state index in [-0.39, 0.29) is 24.0 Å². The number of hydrogen-bond donors (Lipinski definition) is 2. The zero-order valence-electron chi connectivity index (χ0n) is 15.2. The predicted molar refractivity (Wildman–Crippen MR) is 108 cm³/mol. The molecule has 4 nitrogen and oxygen atoms in total. The van der Waals surface area contributed by atoms with Crippen LogP contribution in [0.1, 0.15) is 66.2 Å². The van der Waals surface area contributed by atoms with Crippen molar-refractivity contribution in [2.75, 3.05) is 20.1 Å². The van der Waals surface area contributed by atoms with Crippen LogP contribution in [0, 0.1) is 0 Å². The van der Waals surface area contributed by atoms with Gasteiger partial charge in [0.2, 0.25) is 0 Å². The van der Waals surface area contributed by atoms with E-state index in [0.717, 1.165) is 25.5 Å². The van der Waals surface area contributed by atoms with E-state index >= 15 is 0 Å². The van der Waals surface area contributed by atoms with Gasteiger partial charge in [0.15, 0.2) is 5.96 Å². The quantitative estimate of drug-likeness (QED) is 0.284. The van der Waals surface area contributed by atoms with Crippen LogP contribution in [0.3, 0.4) is 0 Å². The van der Waals surface area contributed by atoms with Crippen molar-refractivity contribution in [1.29, 1.82) is 0 Å². The zero-order valence-corrected chi connectivity index (χ0v) is 17.5. The van der Waals surface area contributed by atoms with Crippen LogP contribution in [-0.2, 0) is 0 Å². The summed E-state index contributed by atoms with van der Waals surface area (Å²) < 4.78 is 0. The van der Waals surface area contributed by atoms with E-state index in [4.69, 9.17) is 0 Å². The fourth-order valence-corrected chi connectivity index (χ4v) is 3.22. The first kappa shape index (κ1) is 22.0. The molecule has 0 spiro atoms. The first-order valence-corrected chi connectivity index (χ1v) is 8.77. The molecule has 132 valence electrons. The molecule has 0 radical (unpaired) electrons. The Bertz CT molecular complexity index is 291. The summed E-state index contributed by atoms with van der Waals surface area (Å²) in [5.41, 5.74) is 0. The normalized spacial score (nSPS) is 17.0. The maximum Gasteiger partial charge on any atom is 0.191 e. The number of halogens is 1. The summed E-state index contributed by atoms with van der Waals surface area (Å²) in [5, 5.41) is 7.03. The van der Waals surface area contributed by atoms with Crippen molar-refractivity contribution >= 4 is 29.9 Å². The maximum atomic E-state index is 4.35. The average Bonchev–Trinajstić information content (AvgIpc) is 2.46. The minimum Gasteiger partial charge on any atom is -0.356 e. The van der Waals surface area contributed by atoms with Gasteiger partial charge in [0.25, 0.3) is 0 Å². The third-order valence-corrected chi connectivity index (χ3v) is 4.38. The van der Waals surface area contributed by atoms with E-state index in [2.05, 4.69) is 48.2 Å². The van der Waals surface area contributed by atoms with Gasteiger partial charge in [-0.1, -0.05) is 19.3 Å². The number of nitrogens with one attached hydrogen (secondary N) is 2. The summed E-state index contributed by atoms with van der Waals surface area (Å²) in [5.74, 6) is 0.975. The van der Waals surface area contributed by atoms with Crippen molar-refractivity contribution in [3.8, 4) is 0 Å². The highest BCUT2D eigenvalue weighted by molar-refractivity contribution is 14.0. The molecule has 0 heterocycles. The predicted octanol–water partition coefficient (Wildman–Crippen LogP) is 3.61. The molecule has 2 N–H and O–H groups in total. The Kier molecular flexibility index (Phi) is 12.4. The second-order valence-electron chi connectivity index (χ2n) is 6.76. The largest absolute Gasteiger partial charge is 0.356 e. The Labute approximate surface area is 154 Å². The van der Waals surface area contributed by atoms with Crippen LogP contribution in [0.4, 0.5) is 0 Å². The Morgan fingerprint density at radius 3 is 2.18 bits per heavy atom. The van der Waals surface area contributed by atoms with E-state index in [1.54, 1.807) is 0 Å². The molecule has 22 heavy (non-hydrogen) atoms. The van der Waals surface area contributed by atoms with Gasteiger partial charge in [-0.15, -0.1) is 24.0 Å². The Morgan fingerprint density at radius 2 is 1.68 bits per heavy atom. The van der Waals surface area contributed by atoms with E-state index in [0.29, 0.717) is 18.1 Å². The SMILES string of the molecule is CN=C(NCCCN(C(C)C)C(C)C)NC1CCCCC1.I. The molecule has 1 aliphatic carbocycles. The van der Waals surface area contributed by atoms with E-state index in [1.807, 2.05) is 7.05 Å². The van der Waals surface area contributed by atoms with Gasteiger partial charge in [-0.3, -0.25) is 9.89 Å². The molecule has 1 rings (SSSR count). The first-order valence-electron chi connectivity index (χ1n) is 8.77. The highest BCUT2D eigenvalue weighted by Gasteiger charge is 2.15. The fraction of sp³-hybridized carbons (Fsp3) is 0.941. The second kappa shape index (κ2) is 12.4. The summed E-state index contributed by atoms with van der Waals surface area (Å²) in [6, 6.07) is 1.85. The summed E-state index contributed by atoms with van der Waals surface area (Å²) >= 11 is 0. The number of guanidine groups is 1. The van der Waals surface area contributed by atoms with Crippen LogP contribution in [-0.4, -0.2) is 49.1 Å². The lowest BCUT2D eigenvalue weighted by Crippen LogP contribution is -2.45. The molecule has 0 aromatic carbocycles. The van der Waals surface area contributed by atoms with Crippen LogP contribution >= 0.6 is 24.0 Å². The Morgan fingerprint density at radius 1 is 1.09 bits per heavy atom. The van der Waals surface area contributed by atoms with Crippen molar-refractivity contribution in [2.45, 2.75) is 84.3 Å². The second-order valence-corrected chi connectivity index (χ2v) is 6.76. The maximum absolute atomic E-state index is 4.35. The summed E-state index contributed by atoms with van der Waals surface area (Å²) in [7, 11) is 1.87. The molecule has 1 saturated carbocycles.